The van der Waals surface area contributed by atoms with Crippen molar-refractivity contribution in [2.75, 3.05) is 27.9 Å². The number of nitrogens with one attached hydrogen (secondary N) is 1. The lowest BCUT2D eigenvalue weighted by Crippen LogP contribution is -2.59. The van der Waals surface area contributed by atoms with Crippen LogP contribution in [0, 0.1) is 0 Å². The standard InChI is InChI=1S/C8H23N3O3Si/c1-8(9,10)11-6-5-7-15(12-2,13-3)14-4/h11H,5-7,9-10H2,1-4H3. The Morgan fingerprint density at radius 2 is 1.60 bits per heavy atom. The van der Waals surface area contributed by atoms with Crippen LogP contribution in [0.1, 0.15) is 13.3 Å². The molecule has 0 atom stereocenters. The van der Waals surface area contributed by atoms with E-state index in [1.165, 1.54) is 0 Å². The van der Waals surface area contributed by atoms with Gasteiger partial charge in [-0.1, -0.05) is 0 Å². The molecule has 0 saturated carbocycles. The quantitative estimate of drug-likeness (QED) is 0.298. The van der Waals surface area contributed by atoms with E-state index in [1.807, 2.05) is 0 Å². The van der Waals surface area contributed by atoms with Crippen LogP contribution in [0.3, 0.4) is 0 Å². The topological polar surface area (TPSA) is 91.8 Å². The van der Waals surface area contributed by atoms with Crippen LogP contribution in [-0.4, -0.2) is 42.5 Å². The molecule has 5 N–H and O–H groups in total. The predicted octanol–water partition coefficient (Wildman–Crippen LogP) is -0.565. The summed E-state index contributed by atoms with van der Waals surface area (Å²) in [5.74, 6) is -0.836. The van der Waals surface area contributed by atoms with Crippen molar-refractivity contribution in [2.45, 2.75) is 25.2 Å². The lowest BCUT2D eigenvalue weighted by molar-refractivity contribution is 0.122. The maximum absolute atomic E-state index is 5.57. The van der Waals surface area contributed by atoms with Crippen LogP contribution < -0.4 is 16.8 Å². The van der Waals surface area contributed by atoms with Crippen molar-refractivity contribution < 1.29 is 13.3 Å². The zero-order valence-electron chi connectivity index (χ0n) is 10.0. The molecule has 0 aromatic carbocycles. The Balaban J connectivity index is 3.82. The maximum atomic E-state index is 5.57. The van der Waals surface area contributed by atoms with E-state index in [1.54, 1.807) is 28.3 Å². The van der Waals surface area contributed by atoms with E-state index >= 15 is 0 Å². The molecule has 15 heavy (non-hydrogen) atoms. The van der Waals surface area contributed by atoms with Crippen molar-refractivity contribution in [3.05, 3.63) is 0 Å². The SMILES string of the molecule is CO[Si](CCCNC(C)(N)N)(OC)OC. The molecule has 0 aromatic rings. The molecule has 0 aliphatic carbocycles. The number of rotatable bonds is 8. The Bertz CT molecular complexity index is 163. The number of nitrogens with two attached hydrogens (primary N) is 2. The molecular weight excluding hydrogens is 214 g/mol. The third-order valence-corrected chi connectivity index (χ3v) is 4.93. The first-order chi connectivity index (χ1) is 6.89. The van der Waals surface area contributed by atoms with Crippen molar-refractivity contribution in [1.82, 2.24) is 5.32 Å². The Hall–Kier alpha value is -0.0231. The molecule has 0 heterocycles. The van der Waals surface area contributed by atoms with Crippen molar-refractivity contribution >= 4 is 8.80 Å². The smallest absolute Gasteiger partial charge is 0.377 e. The molecule has 0 unspecified atom stereocenters. The van der Waals surface area contributed by atoms with Gasteiger partial charge in [-0.25, -0.2) is 0 Å². The van der Waals surface area contributed by atoms with E-state index in [0.29, 0.717) is 6.54 Å². The first-order valence-corrected chi connectivity index (χ1v) is 6.80. The molecule has 6 nitrogen and oxygen atoms in total. The van der Waals surface area contributed by atoms with E-state index in [9.17, 15) is 0 Å². The van der Waals surface area contributed by atoms with Gasteiger partial charge in [-0.05, 0) is 19.9 Å². The summed E-state index contributed by atoms with van der Waals surface area (Å²) in [5, 5.41) is 2.98. The highest BCUT2D eigenvalue weighted by Crippen LogP contribution is 2.14. The second kappa shape index (κ2) is 6.54. The third-order valence-electron chi connectivity index (χ3n) is 2.10. The summed E-state index contributed by atoms with van der Waals surface area (Å²) in [6, 6.07) is 0.736. The largest absolute Gasteiger partial charge is 0.500 e. The summed E-state index contributed by atoms with van der Waals surface area (Å²) in [6.07, 6.45) is 0.839. The highest BCUT2D eigenvalue weighted by molar-refractivity contribution is 6.60. The summed E-state index contributed by atoms with van der Waals surface area (Å²) in [6.45, 7) is 2.41. The molecule has 0 aliphatic heterocycles. The summed E-state index contributed by atoms with van der Waals surface area (Å²) in [4.78, 5) is 0. The maximum Gasteiger partial charge on any atom is 0.500 e. The van der Waals surface area contributed by atoms with Crippen molar-refractivity contribution in [3.8, 4) is 0 Å². The van der Waals surface area contributed by atoms with Crippen molar-refractivity contribution in [3.63, 3.8) is 0 Å². The average molecular weight is 237 g/mol. The van der Waals surface area contributed by atoms with Crippen molar-refractivity contribution in [2.24, 2.45) is 11.5 Å². The fraction of sp³-hybridized carbons (Fsp3) is 1.00. The van der Waals surface area contributed by atoms with Gasteiger partial charge in [0.05, 0.1) is 0 Å². The summed E-state index contributed by atoms with van der Waals surface area (Å²) >= 11 is 0. The van der Waals surface area contributed by atoms with Gasteiger partial charge in [-0.2, -0.15) is 0 Å². The zero-order chi connectivity index (χ0) is 11.9. The van der Waals surface area contributed by atoms with Crippen molar-refractivity contribution in [1.29, 1.82) is 0 Å². The van der Waals surface area contributed by atoms with E-state index in [4.69, 9.17) is 24.7 Å². The number of hydrogen-bond donors (Lipinski definition) is 3. The fourth-order valence-corrected chi connectivity index (χ4v) is 2.94. The van der Waals surface area contributed by atoms with Crippen LogP contribution in [0.4, 0.5) is 0 Å². The Kier molecular flexibility index (Phi) is 6.53. The van der Waals surface area contributed by atoms with Gasteiger partial charge in [0.15, 0.2) is 0 Å². The normalized spacial score (nSPS) is 13.2. The lowest BCUT2D eigenvalue weighted by Gasteiger charge is -2.25. The fourth-order valence-electron chi connectivity index (χ4n) is 1.22. The van der Waals surface area contributed by atoms with E-state index in [-0.39, 0.29) is 0 Å². The average Bonchev–Trinajstić information content (AvgIpc) is 2.18. The second-order valence-electron chi connectivity index (χ2n) is 3.61. The summed E-state index contributed by atoms with van der Waals surface area (Å²) < 4.78 is 15.8. The van der Waals surface area contributed by atoms with E-state index in [2.05, 4.69) is 5.32 Å². The second-order valence-corrected chi connectivity index (χ2v) is 6.70. The van der Waals surface area contributed by atoms with Crippen LogP contribution in [0.25, 0.3) is 0 Å². The van der Waals surface area contributed by atoms with Gasteiger partial charge in [-0.15, -0.1) is 0 Å². The van der Waals surface area contributed by atoms with E-state index < -0.39 is 14.6 Å². The lowest BCUT2D eigenvalue weighted by atomic mass is 10.4. The molecule has 0 amide bonds. The molecule has 0 saturated heterocycles. The third kappa shape index (κ3) is 6.20. The van der Waals surface area contributed by atoms with Crippen LogP contribution >= 0.6 is 0 Å². The summed E-state index contributed by atoms with van der Waals surface area (Å²) in [5.41, 5.74) is 11.1. The zero-order valence-corrected chi connectivity index (χ0v) is 11.0. The Morgan fingerprint density at radius 1 is 1.13 bits per heavy atom. The van der Waals surface area contributed by atoms with Gasteiger partial charge in [0.25, 0.3) is 0 Å². The van der Waals surface area contributed by atoms with Gasteiger partial charge in [0, 0.05) is 27.4 Å². The number of hydrogen-bond acceptors (Lipinski definition) is 6. The van der Waals surface area contributed by atoms with Gasteiger partial charge in [0.1, 0.15) is 5.79 Å². The minimum absolute atomic E-state index is 0.703. The first kappa shape index (κ1) is 15.0. The molecular formula is C8H23N3O3Si. The van der Waals surface area contributed by atoms with Gasteiger partial charge in [0.2, 0.25) is 0 Å². The molecule has 0 aromatic heterocycles. The molecule has 0 spiro atoms. The molecule has 0 aliphatic rings. The highest BCUT2D eigenvalue weighted by atomic mass is 28.4. The summed E-state index contributed by atoms with van der Waals surface area (Å²) in [7, 11) is 2.36. The van der Waals surface area contributed by atoms with E-state index in [0.717, 1.165) is 12.5 Å². The minimum Gasteiger partial charge on any atom is -0.377 e. The molecule has 0 bridgehead atoms. The highest BCUT2D eigenvalue weighted by Gasteiger charge is 2.36. The predicted molar refractivity (Wildman–Crippen MR) is 61.0 cm³/mol. The molecule has 0 fully saturated rings. The van der Waals surface area contributed by atoms with Crippen LogP contribution in [0.15, 0.2) is 0 Å². The van der Waals surface area contributed by atoms with Gasteiger partial charge < -0.3 is 24.7 Å². The molecule has 7 heteroatoms. The Morgan fingerprint density at radius 3 is 1.93 bits per heavy atom. The molecule has 0 radical (unpaired) electrons. The minimum atomic E-state index is -2.44. The van der Waals surface area contributed by atoms with Crippen LogP contribution in [0.2, 0.25) is 6.04 Å². The Labute approximate surface area is 92.6 Å². The van der Waals surface area contributed by atoms with Gasteiger partial charge >= 0.3 is 8.80 Å². The monoisotopic (exact) mass is 237 g/mol. The molecule has 0 rings (SSSR count). The van der Waals surface area contributed by atoms with Crippen LogP contribution in [0.5, 0.6) is 0 Å². The molecule has 92 valence electrons. The van der Waals surface area contributed by atoms with Gasteiger partial charge in [-0.3, -0.25) is 5.32 Å². The first-order valence-electron chi connectivity index (χ1n) is 4.87. The van der Waals surface area contributed by atoms with Crippen LogP contribution in [-0.2, 0) is 13.3 Å².